The summed E-state index contributed by atoms with van der Waals surface area (Å²) in [6.45, 7) is 6.50. The van der Waals surface area contributed by atoms with Crippen LogP contribution in [0.1, 0.15) is 26.7 Å². The van der Waals surface area contributed by atoms with Crippen LogP contribution in [0.15, 0.2) is 24.3 Å². The Morgan fingerprint density at radius 3 is 2.26 bits per heavy atom. The predicted molar refractivity (Wildman–Crippen MR) is 87.6 cm³/mol. The number of nitrogens with zero attached hydrogens (tertiary/aromatic N) is 2. The summed E-state index contributed by atoms with van der Waals surface area (Å²) in [6.07, 6.45) is 1.31. The van der Waals surface area contributed by atoms with Gasteiger partial charge in [0.1, 0.15) is 5.82 Å². The second-order valence-corrected chi connectivity index (χ2v) is 5.71. The van der Waals surface area contributed by atoms with E-state index in [2.05, 4.69) is 5.32 Å². The summed E-state index contributed by atoms with van der Waals surface area (Å²) < 4.78 is 12.9. The first-order valence-corrected chi connectivity index (χ1v) is 8.15. The number of piperidine rings is 1. The molecule has 0 unspecified atom stereocenters. The molecule has 6 heteroatoms. The van der Waals surface area contributed by atoms with E-state index in [0.29, 0.717) is 44.7 Å². The molecule has 1 aromatic carbocycles. The Morgan fingerprint density at radius 2 is 1.74 bits per heavy atom. The van der Waals surface area contributed by atoms with E-state index in [0.717, 1.165) is 0 Å². The van der Waals surface area contributed by atoms with Gasteiger partial charge in [0.25, 0.3) is 0 Å². The molecular weight excluding hydrogens is 297 g/mol. The second kappa shape index (κ2) is 7.94. The van der Waals surface area contributed by atoms with Gasteiger partial charge in [0, 0.05) is 37.8 Å². The van der Waals surface area contributed by atoms with E-state index in [1.165, 1.54) is 12.1 Å². The first-order valence-electron chi connectivity index (χ1n) is 8.15. The number of rotatable bonds is 4. The van der Waals surface area contributed by atoms with Crippen molar-refractivity contribution >= 4 is 17.6 Å². The van der Waals surface area contributed by atoms with Gasteiger partial charge in [-0.3, -0.25) is 4.79 Å². The summed E-state index contributed by atoms with van der Waals surface area (Å²) >= 11 is 0. The lowest BCUT2D eigenvalue weighted by molar-refractivity contribution is -0.121. The molecule has 1 aromatic rings. The maximum absolute atomic E-state index is 12.9. The van der Waals surface area contributed by atoms with Crippen molar-refractivity contribution in [2.45, 2.75) is 26.7 Å². The third-order valence-electron chi connectivity index (χ3n) is 4.28. The highest BCUT2D eigenvalue weighted by atomic mass is 19.1. The van der Waals surface area contributed by atoms with Gasteiger partial charge in [-0.15, -0.1) is 0 Å². The molecule has 126 valence electrons. The number of benzene rings is 1. The molecule has 2 rings (SSSR count). The van der Waals surface area contributed by atoms with E-state index in [-0.39, 0.29) is 23.7 Å². The fraction of sp³-hybridized carbons (Fsp3) is 0.529. The molecule has 23 heavy (non-hydrogen) atoms. The number of amides is 3. The van der Waals surface area contributed by atoms with Gasteiger partial charge in [-0.2, -0.15) is 0 Å². The van der Waals surface area contributed by atoms with Crippen LogP contribution in [0.2, 0.25) is 0 Å². The van der Waals surface area contributed by atoms with Crippen molar-refractivity contribution in [1.82, 2.24) is 9.80 Å². The summed E-state index contributed by atoms with van der Waals surface area (Å²) in [5, 5.41) is 2.81. The molecule has 3 amide bonds. The van der Waals surface area contributed by atoms with Gasteiger partial charge in [-0.25, -0.2) is 9.18 Å². The number of nitrogens with one attached hydrogen (secondary N) is 1. The smallest absolute Gasteiger partial charge is 0.319 e. The predicted octanol–water partition coefficient (Wildman–Crippen LogP) is 2.94. The van der Waals surface area contributed by atoms with Gasteiger partial charge in [0.15, 0.2) is 0 Å². The first-order chi connectivity index (χ1) is 11.0. The van der Waals surface area contributed by atoms with Crippen LogP contribution in [-0.4, -0.2) is 47.9 Å². The molecule has 1 saturated heterocycles. The Balaban J connectivity index is 1.85. The fourth-order valence-corrected chi connectivity index (χ4v) is 2.80. The number of anilines is 1. The van der Waals surface area contributed by atoms with Gasteiger partial charge in [-0.05, 0) is 51.0 Å². The molecule has 0 saturated carbocycles. The molecule has 0 radical (unpaired) electrons. The average Bonchev–Trinajstić information content (AvgIpc) is 2.58. The molecular formula is C17H24FN3O2. The number of carbonyl (C=O) groups is 2. The molecule has 1 aliphatic rings. The zero-order valence-corrected chi connectivity index (χ0v) is 13.7. The summed E-state index contributed by atoms with van der Waals surface area (Å²) in [5.74, 6) is -0.501. The van der Waals surface area contributed by atoms with Crippen LogP contribution in [0.5, 0.6) is 0 Å². The number of halogens is 1. The molecule has 1 fully saturated rings. The average molecular weight is 321 g/mol. The number of likely N-dealkylation sites (tertiary alicyclic amines) is 1. The second-order valence-electron chi connectivity index (χ2n) is 5.71. The number of urea groups is 1. The van der Waals surface area contributed by atoms with Crippen LogP contribution in [0, 0.1) is 11.7 Å². The van der Waals surface area contributed by atoms with Crippen LogP contribution in [0.25, 0.3) is 0 Å². The fourth-order valence-electron chi connectivity index (χ4n) is 2.80. The molecule has 0 bridgehead atoms. The lowest BCUT2D eigenvalue weighted by atomic mass is 9.96. The summed E-state index contributed by atoms with van der Waals surface area (Å²) in [7, 11) is 0. The Bertz CT molecular complexity index is 535. The van der Waals surface area contributed by atoms with E-state index in [1.807, 2.05) is 18.7 Å². The minimum absolute atomic E-state index is 0.0485. The summed E-state index contributed by atoms with van der Waals surface area (Å²) in [6, 6.07) is 5.79. The molecule has 0 spiro atoms. The molecule has 0 aliphatic carbocycles. The Hall–Kier alpha value is -2.11. The van der Waals surface area contributed by atoms with Crippen molar-refractivity contribution in [2.24, 2.45) is 5.92 Å². The van der Waals surface area contributed by atoms with Crippen molar-refractivity contribution < 1.29 is 14.0 Å². The van der Waals surface area contributed by atoms with Crippen molar-refractivity contribution in [1.29, 1.82) is 0 Å². The monoisotopic (exact) mass is 321 g/mol. The molecule has 1 heterocycles. The van der Waals surface area contributed by atoms with Crippen molar-refractivity contribution in [3.63, 3.8) is 0 Å². The maximum atomic E-state index is 12.9. The van der Waals surface area contributed by atoms with Crippen molar-refractivity contribution in [2.75, 3.05) is 31.5 Å². The summed E-state index contributed by atoms with van der Waals surface area (Å²) in [4.78, 5) is 28.1. The molecule has 1 aliphatic heterocycles. The highest BCUT2D eigenvalue weighted by Crippen LogP contribution is 2.20. The van der Waals surface area contributed by atoms with Gasteiger partial charge in [-0.1, -0.05) is 0 Å². The van der Waals surface area contributed by atoms with Gasteiger partial charge < -0.3 is 15.1 Å². The Labute approximate surface area is 136 Å². The zero-order valence-electron chi connectivity index (χ0n) is 13.7. The van der Waals surface area contributed by atoms with Gasteiger partial charge in [0.2, 0.25) is 5.91 Å². The molecule has 1 N–H and O–H groups in total. The number of hydrogen-bond acceptors (Lipinski definition) is 2. The molecule has 5 nitrogen and oxygen atoms in total. The molecule has 0 atom stereocenters. The van der Waals surface area contributed by atoms with Crippen LogP contribution in [0.3, 0.4) is 0 Å². The van der Waals surface area contributed by atoms with E-state index in [1.54, 1.807) is 17.0 Å². The van der Waals surface area contributed by atoms with Crippen molar-refractivity contribution in [3.8, 4) is 0 Å². The van der Waals surface area contributed by atoms with Crippen molar-refractivity contribution in [3.05, 3.63) is 30.1 Å². The minimum Gasteiger partial charge on any atom is -0.326 e. The third kappa shape index (κ3) is 4.43. The lowest BCUT2D eigenvalue weighted by Crippen LogP contribution is -2.47. The standard InChI is InChI=1S/C17H24FN3O2/c1-3-20(4-2)17(23)21-11-9-13(10-12-21)16(22)19-15-7-5-14(18)6-8-15/h5-8,13H,3-4,9-12H2,1-2H3,(H,19,22). The number of carbonyl (C=O) groups excluding carboxylic acids is 2. The van der Waals surface area contributed by atoms with E-state index in [4.69, 9.17) is 0 Å². The normalized spacial score (nSPS) is 15.3. The quantitative estimate of drug-likeness (QED) is 0.927. The van der Waals surface area contributed by atoms with Crippen LogP contribution in [0.4, 0.5) is 14.9 Å². The number of hydrogen-bond donors (Lipinski definition) is 1. The highest BCUT2D eigenvalue weighted by molar-refractivity contribution is 5.92. The Kier molecular flexibility index (Phi) is 5.96. The SMILES string of the molecule is CCN(CC)C(=O)N1CCC(C(=O)Nc2ccc(F)cc2)CC1. The first kappa shape index (κ1) is 17.2. The highest BCUT2D eigenvalue weighted by Gasteiger charge is 2.28. The summed E-state index contributed by atoms with van der Waals surface area (Å²) in [5.41, 5.74) is 0.595. The maximum Gasteiger partial charge on any atom is 0.319 e. The topological polar surface area (TPSA) is 52.7 Å². The van der Waals surface area contributed by atoms with Gasteiger partial charge >= 0.3 is 6.03 Å². The zero-order chi connectivity index (χ0) is 16.8. The van der Waals surface area contributed by atoms with E-state index in [9.17, 15) is 14.0 Å². The molecule has 0 aromatic heterocycles. The largest absolute Gasteiger partial charge is 0.326 e. The van der Waals surface area contributed by atoms with Crippen LogP contribution in [-0.2, 0) is 4.79 Å². The lowest BCUT2D eigenvalue weighted by Gasteiger charge is -2.34. The van der Waals surface area contributed by atoms with E-state index < -0.39 is 0 Å². The van der Waals surface area contributed by atoms with Gasteiger partial charge in [0.05, 0.1) is 0 Å². The minimum atomic E-state index is -0.328. The third-order valence-corrected chi connectivity index (χ3v) is 4.28. The van der Waals surface area contributed by atoms with Crippen LogP contribution < -0.4 is 5.32 Å². The Morgan fingerprint density at radius 1 is 1.17 bits per heavy atom. The van der Waals surface area contributed by atoms with E-state index >= 15 is 0 Å². The van der Waals surface area contributed by atoms with Crippen LogP contribution >= 0.6 is 0 Å².